The summed E-state index contributed by atoms with van der Waals surface area (Å²) >= 11 is 11.8. The van der Waals surface area contributed by atoms with Crippen LogP contribution in [0.4, 0.5) is 0 Å². The van der Waals surface area contributed by atoms with Gasteiger partial charge in [0.15, 0.2) is 0 Å². The number of aryl methyl sites for hydroxylation is 2. The molecule has 1 N–H and O–H groups in total. The second-order valence-corrected chi connectivity index (χ2v) is 4.42. The average Bonchev–Trinajstić information content (AvgIpc) is 2.47. The molecule has 84 valence electrons. The van der Waals surface area contributed by atoms with Crippen LogP contribution >= 0.6 is 23.2 Å². The van der Waals surface area contributed by atoms with Crippen LogP contribution < -0.4 is 5.56 Å². The molecule has 3 nitrogen and oxygen atoms in total. The molecule has 0 unspecified atom stereocenters. The topological polar surface area (TPSA) is 37.8 Å². The smallest absolute Gasteiger partial charge is 0.274 e. The Balaban J connectivity index is 2.68. The molecular weight excluding hydrogens is 247 g/mol. The van der Waals surface area contributed by atoms with Crippen molar-refractivity contribution in [2.75, 3.05) is 0 Å². The molecule has 16 heavy (non-hydrogen) atoms. The van der Waals surface area contributed by atoms with Gasteiger partial charge in [-0.2, -0.15) is 0 Å². The van der Waals surface area contributed by atoms with Crippen molar-refractivity contribution in [3.8, 4) is 11.1 Å². The van der Waals surface area contributed by atoms with E-state index in [1.807, 2.05) is 6.92 Å². The van der Waals surface area contributed by atoms with E-state index in [1.54, 1.807) is 25.2 Å². The summed E-state index contributed by atoms with van der Waals surface area (Å²) in [6.45, 7) is 1.85. The molecule has 0 atom stereocenters. The minimum absolute atomic E-state index is 0.0733. The van der Waals surface area contributed by atoms with Crippen molar-refractivity contribution in [3.05, 3.63) is 44.3 Å². The molecule has 5 heteroatoms. The zero-order valence-corrected chi connectivity index (χ0v) is 10.4. The van der Waals surface area contributed by atoms with Crippen LogP contribution in [0, 0.1) is 6.92 Å². The summed E-state index contributed by atoms with van der Waals surface area (Å²) in [4.78, 5) is 11.8. The lowest BCUT2D eigenvalue weighted by Crippen LogP contribution is -2.13. The highest BCUT2D eigenvalue weighted by molar-refractivity contribution is 6.42. The first-order chi connectivity index (χ1) is 7.50. The van der Waals surface area contributed by atoms with Gasteiger partial charge in [0.25, 0.3) is 5.56 Å². The first-order valence-electron chi connectivity index (χ1n) is 4.71. The van der Waals surface area contributed by atoms with Crippen molar-refractivity contribution in [1.82, 2.24) is 9.78 Å². The quantitative estimate of drug-likeness (QED) is 0.837. The van der Waals surface area contributed by atoms with E-state index >= 15 is 0 Å². The highest BCUT2D eigenvalue weighted by Gasteiger charge is 2.12. The van der Waals surface area contributed by atoms with Crippen molar-refractivity contribution in [2.45, 2.75) is 6.92 Å². The summed E-state index contributed by atoms with van der Waals surface area (Å²) in [5.41, 5.74) is 2.14. The molecule has 0 spiro atoms. The van der Waals surface area contributed by atoms with Gasteiger partial charge in [-0.1, -0.05) is 29.3 Å². The Hall–Kier alpha value is -1.19. The van der Waals surface area contributed by atoms with Gasteiger partial charge in [0.1, 0.15) is 0 Å². The zero-order valence-electron chi connectivity index (χ0n) is 8.84. The van der Waals surface area contributed by atoms with Gasteiger partial charge in [-0.3, -0.25) is 14.6 Å². The molecule has 0 bridgehead atoms. The van der Waals surface area contributed by atoms with Crippen LogP contribution in [0.3, 0.4) is 0 Å². The molecular formula is C11H10Cl2N2O. The van der Waals surface area contributed by atoms with Gasteiger partial charge in [-0.15, -0.1) is 0 Å². The van der Waals surface area contributed by atoms with Crippen LogP contribution in [-0.2, 0) is 7.05 Å². The van der Waals surface area contributed by atoms with Gasteiger partial charge in [0, 0.05) is 12.7 Å². The molecule has 2 rings (SSSR count). The molecule has 0 saturated carbocycles. The molecule has 0 aliphatic heterocycles. The maximum atomic E-state index is 11.8. The fraction of sp³-hybridized carbons (Fsp3) is 0.182. The van der Waals surface area contributed by atoms with E-state index in [2.05, 4.69) is 5.10 Å². The van der Waals surface area contributed by atoms with Crippen LogP contribution in [0.25, 0.3) is 11.1 Å². The number of halogens is 2. The fourth-order valence-corrected chi connectivity index (χ4v) is 1.98. The van der Waals surface area contributed by atoms with Crippen LogP contribution in [0.15, 0.2) is 23.0 Å². The monoisotopic (exact) mass is 256 g/mol. The summed E-state index contributed by atoms with van der Waals surface area (Å²) in [7, 11) is 1.68. The molecule has 1 aromatic carbocycles. The minimum atomic E-state index is -0.0733. The Morgan fingerprint density at radius 3 is 2.44 bits per heavy atom. The third-order valence-electron chi connectivity index (χ3n) is 2.44. The van der Waals surface area contributed by atoms with E-state index < -0.39 is 0 Å². The zero-order chi connectivity index (χ0) is 11.9. The standard InChI is InChI=1S/C11H10Cl2N2O/c1-6-10(11(16)15(2)14-6)7-3-4-8(12)9(13)5-7/h3-5,14H,1-2H3. The van der Waals surface area contributed by atoms with Gasteiger partial charge in [0.05, 0.1) is 15.6 Å². The predicted octanol–water partition coefficient (Wildman–Crippen LogP) is 3.00. The summed E-state index contributed by atoms with van der Waals surface area (Å²) in [5.74, 6) is 0. The molecule has 1 aromatic heterocycles. The first kappa shape index (κ1) is 11.3. The Morgan fingerprint density at radius 2 is 1.94 bits per heavy atom. The van der Waals surface area contributed by atoms with Crippen molar-refractivity contribution in [3.63, 3.8) is 0 Å². The molecule has 0 saturated heterocycles. The minimum Gasteiger partial charge on any atom is -0.300 e. The highest BCUT2D eigenvalue weighted by atomic mass is 35.5. The largest absolute Gasteiger partial charge is 0.300 e. The van der Waals surface area contributed by atoms with E-state index in [9.17, 15) is 4.79 Å². The molecule has 0 aliphatic carbocycles. The van der Waals surface area contributed by atoms with Gasteiger partial charge in [-0.05, 0) is 24.6 Å². The SMILES string of the molecule is Cc1[nH]n(C)c(=O)c1-c1ccc(Cl)c(Cl)c1. The second-order valence-electron chi connectivity index (χ2n) is 3.60. The van der Waals surface area contributed by atoms with Gasteiger partial charge >= 0.3 is 0 Å². The summed E-state index contributed by atoms with van der Waals surface area (Å²) in [6, 6.07) is 5.17. The van der Waals surface area contributed by atoms with Crippen LogP contribution in [-0.4, -0.2) is 9.78 Å². The average molecular weight is 257 g/mol. The number of nitrogens with one attached hydrogen (secondary N) is 1. The maximum absolute atomic E-state index is 11.8. The lowest BCUT2D eigenvalue weighted by molar-refractivity contribution is 0.731. The Labute approximate surface area is 103 Å². The number of rotatable bonds is 1. The van der Waals surface area contributed by atoms with Crippen molar-refractivity contribution in [1.29, 1.82) is 0 Å². The van der Waals surface area contributed by atoms with E-state index in [0.29, 0.717) is 15.6 Å². The van der Waals surface area contributed by atoms with E-state index in [0.717, 1.165) is 11.3 Å². The van der Waals surface area contributed by atoms with Gasteiger partial charge < -0.3 is 0 Å². The van der Waals surface area contributed by atoms with Gasteiger partial charge in [0.2, 0.25) is 0 Å². The Morgan fingerprint density at radius 1 is 1.25 bits per heavy atom. The van der Waals surface area contributed by atoms with E-state index in [-0.39, 0.29) is 5.56 Å². The van der Waals surface area contributed by atoms with E-state index in [4.69, 9.17) is 23.2 Å². The van der Waals surface area contributed by atoms with Crippen LogP contribution in [0.2, 0.25) is 10.0 Å². The molecule has 0 radical (unpaired) electrons. The van der Waals surface area contributed by atoms with Crippen molar-refractivity contribution < 1.29 is 0 Å². The first-order valence-corrected chi connectivity index (χ1v) is 5.47. The normalized spacial score (nSPS) is 10.8. The summed E-state index contributed by atoms with van der Waals surface area (Å²) in [6.07, 6.45) is 0. The maximum Gasteiger partial charge on any atom is 0.274 e. The van der Waals surface area contributed by atoms with Crippen molar-refractivity contribution >= 4 is 23.2 Å². The Bertz CT molecular complexity index is 599. The number of hydrogen-bond donors (Lipinski definition) is 1. The third-order valence-corrected chi connectivity index (χ3v) is 3.18. The number of aromatic amines is 1. The number of benzene rings is 1. The predicted molar refractivity (Wildman–Crippen MR) is 66.2 cm³/mol. The number of H-pyrrole nitrogens is 1. The second kappa shape index (κ2) is 4.00. The molecule has 1 heterocycles. The van der Waals surface area contributed by atoms with Crippen LogP contribution in [0.5, 0.6) is 0 Å². The van der Waals surface area contributed by atoms with Gasteiger partial charge in [-0.25, -0.2) is 0 Å². The van der Waals surface area contributed by atoms with Crippen molar-refractivity contribution in [2.24, 2.45) is 7.05 Å². The number of aromatic nitrogens is 2. The number of nitrogens with zero attached hydrogens (tertiary/aromatic N) is 1. The summed E-state index contributed by atoms with van der Waals surface area (Å²) in [5, 5.41) is 3.86. The van der Waals surface area contributed by atoms with E-state index in [1.165, 1.54) is 4.68 Å². The lowest BCUT2D eigenvalue weighted by atomic mass is 10.1. The summed E-state index contributed by atoms with van der Waals surface area (Å²) < 4.78 is 1.44. The molecule has 0 fully saturated rings. The lowest BCUT2D eigenvalue weighted by Gasteiger charge is -2.00. The fourth-order valence-electron chi connectivity index (χ4n) is 1.68. The molecule has 2 aromatic rings. The molecule has 0 aliphatic rings. The Kier molecular flexibility index (Phi) is 2.82. The highest BCUT2D eigenvalue weighted by Crippen LogP contribution is 2.27. The van der Waals surface area contributed by atoms with Crippen LogP contribution in [0.1, 0.15) is 5.69 Å². The number of hydrogen-bond acceptors (Lipinski definition) is 1. The molecule has 0 amide bonds. The third kappa shape index (κ3) is 1.77.